The Labute approximate surface area is 124 Å². The summed E-state index contributed by atoms with van der Waals surface area (Å²) in [4.78, 5) is 7.84. The number of hydrogen-bond acceptors (Lipinski definition) is 4. The van der Waals surface area contributed by atoms with Crippen molar-refractivity contribution in [3.63, 3.8) is 0 Å². The van der Waals surface area contributed by atoms with Crippen LogP contribution in [0.25, 0.3) is 11.3 Å². The van der Waals surface area contributed by atoms with Gasteiger partial charge in [0.1, 0.15) is 0 Å². The van der Waals surface area contributed by atoms with Crippen molar-refractivity contribution in [3.05, 3.63) is 35.2 Å². The van der Waals surface area contributed by atoms with Gasteiger partial charge in [0.25, 0.3) is 0 Å². The number of unbranched alkanes of at least 4 members (excludes halogenated alkanes) is 2. The predicted molar refractivity (Wildman–Crippen MR) is 86.3 cm³/mol. The van der Waals surface area contributed by atoms with Crippen molar-refractivity contribution < 1.29 is 5.11 Å². The normalized spacial score (nSPS) is 10.8. The summed E-state index contributed by atoms with van der Waals surface area (Å²) >= 11 is 1.59. The monoisotopic (exact) mass is 290 g/mol. The van der Waals surface area contributed by atoms with Gasteiger partial charge in [-0.25, -0.2) is 4.98 Å². The van der Waals surface area contributed by atoms with E-state index in [2.05, 4.69) is 18.9 Å². The van der Waals surface area contributed by atoms with Crippen LogP contribution in [-0.2, 0) is 6.61 Å². The van der Waals surface area contributed by atoms with Gasteiger partial charge in [-0.2, -0.15) is 0 Å². The fourth-order valence-electron chi connectivity index (χ4n) is 2.13. The van der Waals surface area contributed by atoms with E-state index in [1.165, 1.54) is 19.3 Å². The third-order valence-corrected chi connectivity index (χ3v) is 4.45. The number of aliphatic hydroxyl groups excluding tert-OH is 1. The van der Waals surface area contributed by atoms with Gasteiger partial charge in [-0.3, -0.25) is 0 Å². The zero-order chi connectivity index (χ0) is 14.4. The number of rotatable bonds is 7. The van der Waals surface area contributed by atoms with Crippen molar-refractivity contribution in [1.29, 1.82) is 0 Å². The summed E-state index contributed by atoms with van der Waals surface area (Å²) in [5.74, 6) is 0. The van der Waals surface area contributed by atoms with Crippen LogP contribution in [0.5, 0.6) is 0 Å². The van der Waals surface area contributed by atoms with Crippen LogP contribution in [-0.4, -0.2) is 23.7 Å². The molecule has 0 saturated carbocycles. The standard InChI is InChI=1S/C16H22N2OS/c1-3-4-8-11-18(2)16-17-15(14(12-19)20-16)13-9-6-5-7-10-13/h5-7,9-10,19H,3-4,8,11-12H2,1-2H3. The van der Waals surface area contributed by atoms with Crippen LogP contribution < -0.4 is 4.90 Å². The molecule has 0 unspecified atom stereocenters. The van der Waals surface area contributed by atoms with Gasteiger partial charge < -0.3 is 10.0 Å². The van der Waals surface area contributed by atoms with Gasteiger partial charge in [-0.1, -0.05) is 61.4 Å². The molecule has 1 aromatic carbocycles. The second-order valence-electron chi connectivity index (χ2n) is 4.92. The van der Waals surface area contributed by atoms with E-state index in [0.717, 1.165) is 27.8 Å². The first kappa shape index (κ1) is 15.0. The lowest BCUT2D eigenvalue weighted by molar-refractivity contribution is 0.286. The Hall–Kier alpha value is -1.39. The van der Waals surface area contributed by atoms with Crippen LogP contribution in [0.4, 0.5) is 5.13 Å². The molecule has 2 rings (SSSR count). The number of hydrogen-bond donors (Lipinski definition) is 1. The minimum absolute atomic E-state index is 0.0463. The Bertz CT molecular complexity index is 525. The van der Waals surface area contributed by atoms with E-state index in [1.54, 1.807) is 11.3 Å². The maximum Gasteiger partial charge on any atom is 0.185 e. The molecule has 108 valence electrons. The molecule has 0 aliphatic heterocycles. The van der Waals surface area contributed by atoms with E-state index >= 15 is 0 Å². The van der Waals surface area contributed by atoms with E-state index in [9.17, 15) is 5.11 Å². The molecule has 0 amide bonds. The Balaban J connectivity index is 2.18. The van der Waals surface area contributed by atoms with Crippen LogP contribution >= 0.6 is 11.3 Å². The van der Waals surface area contributed by atoms with Crippen LogP contribution in [0.15, 0.2) is 30.3 Å². The van der Waals surface area contributed by atoms with E-state index in [1.807, 2.05) is 30.3 Å². The lowest BCUT2D eigenvalue weighted by Crippen LogP contribution is -2.18. The summed E-state index contributed by atoms with van der Waals surface area (Å²) in [6.07, 6.45) is 3.65. The largest absolute Gasteiger partial charge is 0.391 e. The minimum atomic E-state index is 0.0463. The lowest BCUT2D eigenvalue weighted by Gasteiger charge is -2.14. The summed E-state index contributed by atoms with van der Waals surface area (Å²) in [6, 6.07) is 10.1. The van der Waals surface area contributed by atoms with E-state index in [4.69, 9.17) is 4.98 Å². The molecule has 1 heterocycles. The molecule has 0 fully saturated rings. The van der Waals surface area contributed by atoms with Crippen LogP contribution in [0, 0.1) is 0 Å². The van der Waals surface area contributed by atoms with Gasteiger partial charge in [0.2, 0.25) is 0 Å². The van der Waals surface area contributed by atoms with Crippen molar-refractivity contribution in [2.24, 2.45) is 0 Å². The van der Waals surface area contributed by atoms with Gasteiger partial charge in [-0.05, 0) is 6.42 Å². The summed E-state index contributed by atoms with van der Waals surface area (Å²) < 4.78 is 0. The average Bonchev–Trinajstić information content (AvgIpc) is 2.92. The van der Waals surface area contributed by atoms with Crippen LogP contribution in [0.1, 0.15) is 31.1 Å². The highest BCUT2D eigenvalue weighted by molar-refractivity contribution is 7.16. The number of aliphatic hydroxyl groups is 1. The van der Waals surface area contributed by atoms with E-state index in [0.29, 0.717) is 0 Å². The molecule has 4 heteroatoms. The first-order chi connectivity index (χ1) is 9.76. The summed E-state index contributed by atoms with van der Waals surface area (Å²) in [5.41, 5.74) is 1.98. The van der Waals surface area contributed by atoms with E-state index < -0.39 is 0 Å². The third-order valence-electron chi connectivity index (χ3n) is 3.30. The molecular formula is C16H22N2OS. The summed E-state index contributed by atoms with van der Waals surface area (Å²) in [7, 11) is 2.07. The first-order valence-corrected chi connectivity index (χ1v) is 7.95. The molecule has 0 saturated heterocycles. The number of anilines is 1. The maximum absolute atomic E-state index is 9.54. The molecule has 20 heavy (non-hydrogen) atoms. The van der Waals surface area contributed by atoms with Gasteiger partial charge in [-0.15, -0.1) is 0 Å². The van der Waals surface area contributed by atoms with Crippen molar-refractivity contribution in [2.75, 3.05) is 18.5 Å². The van der Waals surface area contributed by atoms with Crippen molar-refractivity contribution >= 4 is 16.5 Å². The molecule has 0 atom stereocenters. The van der Waals surface area contributed by atoms with Crippen LogP contribution in [0.3, 0.4) is 0 Å². The molecular weight excluding hydrogens is 268 g/mol. The average molecular weight is 290 g/mol. The zero-order valence-electron chi connectivity index (χ0n) is 12.2. The predicted octanol–water partition coefficient (Wildman–Crippen LogP) is 3.93. The van der Waals surface area contributed by atoms with Gasteiger partial charge in [0, 0.05) is 19.2 Å². The molecule has 3 nitrogen and oxygen atoms in total. The smallest absolute Gasteiger partial charge is 0.185 e. The Morgan fingerprint density at radius 1 is 1.20 bits per heavy atom. The zero-order valence-corrected chi connectivity index (χ0v) is 13.0. The highest BCUT2D eigenvalue weighted by Gasteiger charge is 2.14. The minimum Gasteiger partial charge on any atom is -0.391 e. The first-order valence-electron chi connectivity index (χ1n) is 7.13. The molecule has 0 aliphatic rings. The summed E-state index contributed by atoms with van der Waals surface area (Å²) in [5, 5.41) is 10.5. The van der Waals surface area contributed by atoms with Gasteiger partial charge >= 0.3 is 0 Å². The molecule has 1 aromatic heterocycles. The maximum atomic E-state index is 9.54. The lowest BCUT2D eigenvalue weighted by atomic mass is 10.1. The topological polar surface area (TPSA) is 36.4 Å². The molecule has 0 aliphatic carbocycles. The molecule has 0 bridgehead atoms. The number of thiazole rings is 1. The quantitative estimate of drug-likeness (QED) is 0.785. The highest BCUT2D eigenvalue weighted by atomic mass is 32.1. The molecule has 0 radical (unpaired) electrons. The second kappa shape index (κ2) is 7.41. The second-order valence-corrected chi connectivity index (χ2v) is 5.98. The van der Waals surface area contributed by atoms with Crippen molar-refractivity contribution in [2.45, 2.75) is 32.8 Å². The Kier molecular flexibility index (Phi) is 5.56. The fourth-order valence-corrected chi connectivity index (χ4v) is 3.06. The third kappa shape index (κ3) is 3.58. The SMILES string of the molecule is CCCCCN(C)c1nc(-c2ccccc2)c(CO)s1. The number of benzene rings is 1. The molecule has 2 aromatic rings. The fraction of sp³-hybridized carbons (Fsp3) is 0.438. The molecule has 0 spiro atoms. The van der Waals surface area contributed by atoms with Gasteiger partial charge in [0.15, 0.2) is 5.13 Å². The van der Waals surface area contributed by atoms with Crippen LogP contribution in [0.2, 0.25) is 0 Å². The van der Waals surface area contributed by atoms with Crippen molar-refractivity contribution in [1.82, 2.24) is 4.98 Å². The van der Waals surface area contributed by atoms with Gasteiger partial charge in [0.05, 0.1) is 17.2 Å². The highest BCUT2D eigenvalue weighted by Crippen LogP contribution is 2.32. The van der Waals surface area contributed by atoms with E-state index in [-0.39, 0.29) is 6.61 Å². The summed E-state index contributed by atoms with van der Waals surface area (Å²) in [6.45, 7) is 3.27. The Morgan fingerprint density at radius 3 is 2.60 bits per heavy atom. The Morgan fingerprint density at radius 2 is 1.95 bits per heavy atom. The van der Waals surface area contributed by atoms with Crippen molar-refractivity contribution in [3.8, 4) is 11.3 Å². The molecule has 1 N–H and O–H groups in total. The number of aromatic nitrogens is 1. The number of nitrogens with zero attached hydrogens (tertiary/aromatic N) is 2.